The van der Waals surface area contributed by atoms with Gasteiger partial charge in [0.15, 0.2) is 0 Å². The Balaban J connectivity index is 2.39. The summed E-state index contributed by atoms with van der Waals surface area (Å²) >= 11 is 0. The molecule has 0 radical (unpaired) electrons. The lowest BCUT2D eigenvalue weighted by Gasteiger charge is -2.10. The van der Waals surface area contributed by atoms with Crippen molar-refractivity contribution in [2.45, 2.75) is 25.7 Å². The van der Waals surface area contributed by atoms with Crippen LogP contribution in [0.5, 0.6) is 11.5 Å². The number of hydrogen-bond donors (Lipinski definition) is 1. The zero-order valence-corrected chi connectivity index (χ0v) is 13.3. The minimum absolute atomic E-state index is 0.0604. The van der Waals surface area contributed by atoms with E-state index in [1.807, 2.05) is 18.2 Å². The van der Waals surface area contributed by atoms with E-state index in [9.17, 15) is 9.59 Å². The third kappa shape index (κ3) is 6.03. The van der Waals surface area contributed by atoms with E-state index >= 15 is 0 Å². The average molecular weight is 309 g/mol. The first kappa shape index (κ1) is 17.8. The molecule has 0 bridgehead atoms. The topological polar surface area (TPSA) is 73.9 Å². The molecule has 0 atom stereocenters. The minimum atomic E-state index is -0.268. The van der Waals surface area contributed by atoms with Gasteiger partial charge >= 0.3 is 5.97 Å². The molecule has 6 heteroatoms. The molecule has 0 aliphatic rings. The highest BCUT2D eigenvalue weighted by atomic mass is 16.5. The molecular formula is C16H23NO5. The van der Waals surface area contributed by atoms with Crippen LogP contribution in [0.15, 0.2) is 18.2 Å². The van der Waals surface area contributed by atoms with Gasteiger partial charge in [-0.15, -0.1) is 0 Å². The molecule has 0 saturated carbocycles. The number of amides is 1. The fraction of sp³-hybridized carbons (Fsp3) is 0.500. The Hall–Kier alpha value is -2.24. The summed E-state index contributed by atoms with van der Waals surface area (Å²) in [6, 6.07) is 5.50. The van der Waals surface area contributed by atoms with Gasteiger partial charge in [0.25, 0.3) is 0 Å². The number of carbonyl (C=O) groups excluding carboxylic acids is 2. The molecule has 0 saturated heterocycles. The second-order valence-electron chi connectivity index (χ2n) is 4.71. The van der Waals surface area contributed by atoms with Gasteiger partial charge in [0.05, 0.1) is 21.3 Å². The molecule has 0 aromatic heterocycles. The molecule has 6 nitrogen and oxygen atoms in total. The summed E-state index contributed by atoms with van der Waals surface area (Å²) in [5.41, 5.74) is 0.923. The normalized spacial score (nSPS) is 9.95. The van der Waals surface area contributed by atoms with Gasteiger partial charge in [0, 0.05) is 19.4 Å². The van der Waals surface area contributed by atoms with Crippen LogP contribution in [-0.4, -0.2) is 39.8 Å². The van der Waals surface area contributed by atoms with Crippen molar-refractivity contribution in [2.24, 2.45) is 0 Å². The summed E-state index contributed by atoms with van der Waals surface area (Å²) < 4.78 is 15.0. The number of ether oxygens (including phenoxy) is 3. The Bertz CT molecular complexity index is 501. The van der Waals surface area contributed by atoms with Gasteiger partial charge in [0.2, 0.25) is 5.91 Å². The van der Waals surface area contributed by atoms with Crippen LogP contribution in [0.25, 0.3) is 0 Å². The van der Waals surface area contributed by atoms with Crippen LogP contribution < -0.4 is 14.8 Å². The van der Waals surface area contributed by atoms with Gasteiger partial charge in [-0.05, 0) is 36.6 Å². The lowest BCUT2D eigenvalue weighted by molar-refractivity contribution is -0.140. The predicted molar refractivity (Wildman–Crippen MR) is 82.1 cm³/mol. The maximum Gasteiger partial charge on any atom is 0.305 e. The molecule has 0 fully saturated rings. The molecule has 1 aromatic carbocycles. The lowest BCUT2D eigenvalue weighted by atomic mass is 10.1. The second-order valence-corrected chi connectivity index (χ2v) is 4.71. The number of nitrogens with one attached hydrogen (secondary N) is 1. The molecule has 122 valence electrons. The molecule has 22 heavy (non-hydrogen) atoms. The highest BCUT2D eigenvalue weighted by molar-refractivity contribution is 5.76. The number of rotatable bonds is 9. The predicted octanol–water partition coefficient (Wildman–Crippen LogP) is 1.71. The second kappa shape index (κ2) is 9.65. The third-order valence-corrected chi connectivity index (χ3v) is 3.22. The zero-order chi connectivity index (χ0) is 16.4. The quantitative estimate of drug-likeness (QED) is 0.555. The molecule has 0 spiro atoms. The molecule has 1 N–H and O–H groups in total. The molecule has 1 amide bonds. The third-order valence-electron chi connectivity index (χ3n) is 3.22. The van der Waals surface area contributed by atoms with E-state index in [1.54, 1.807) is 14.2 Å². The average Bonchev–Trinajstić information content (AvgIpc) is 2.56. The van der Waals surface area contributed by atoms with Crippen molar-refractivity contribution in [1.82, 2.24) is 5.32 Å². The van der Waals surface area contributed by atoms with Crippen LogP contribution in [0.1, 0.15) is 24.8 Å². The van der Waals surface area contributed by atoms with Crippen LogP contribution in [0, 0.1) is 0 Å². The van der Waals surface area contributed by atoms with Crippen molar-refractivity contribution in [3.05, 3.63) is 23.8 Å². The van der Waals surface area contributed by atoms with Gasteiger partial charge in [-0.2, -0.15) is 0 Å². The fourth-order valence-electron chi connectivity index (χ4n) is 1.98. The van der Waals surface area contributed by atoms with E-state index in [0.717, 1.165) is 17.1 Å². The fourth-order valence-corrected chi connectivity index (χ4v) is 1.98. The van der Waals surface area contributed by atoms with Crippen molar-refractivity contribution >= 4 is 11.9 Å². The first-order chi connectivity index (χ1) is 10.6. The minimum Gasteiger partial charge on any atom is -0.497 e. The lowest BCUT2D eigenvalue weighted by Crippen LogP contribution is -2.25. The monoisotopic (exact) mass is 309 g/mol. The Morgan fingerprint density at radius 3 is 2.50 bits per heavy atom. The molecule has 0 heterocycles. The first-order valence-corrected chi connectivity index (χ1v) is 7.15. The number of benzene rings is 1. The summed E-state index contributed by atoms with van der Waals surface area (Å²) in [5.74, 6) is 1.14. The first-order valence-electron chi connectivity index (χ1n) is 7.15. The van der Waals surface area contributed by atoms with Crippen molar-refractivity contribution in [3.8, 4) is 11.5 Å². The summed E-state index contributed by atoms with van der Waals surface area (Å²) in [4.78, 5) is 22.7. The highest BCUT2D eigenvalue weighted by Crippen LogP contribution is 2.24. The number of esters is 1. The Morgan fingerprint density at radius 1 is 1.09 bits per heavy atom. The van der Waals surface area contributed by atoms with E-state index in [4.69, 9.17) is 9.47 Å². The van der Waals surface area contributed by atoms with Crippen molar-refractivity contribution < 1.29 is 23.8 Å². The summed E-state index contributed by atoms with van der Waals surface area (Å²) in [5, 5.41) is 2.78. The molecule has 1 rings (SSSR count). The van der Waals surface area contributed by atoms with E-state index in [0.29, 0.717) is 32.2 Å². The Kier molecular flexibility index (Phi) is 7.81. The van der Waals surface area contributed by atoms with Crippen molar-refractivity contribution in [1.29, 1.82) is 0 Å². The van der Waals surface area contributed by atoms with Crippen LogP contribution in [0.4, 0.5) is 0 Å². The van der Waals surface area contributed by atoms with E-state index in [1.165, 1.54) is 7.11 Å². The van der Waals surface area contributed by atoms with E-state index < -0.39 is 0 Å². The molecule has 1 aromatic rings. The smallest absolute Gasteiger partial charge is 0.305 e. The van der Waals surface area contributed by atoms with Gasteiger partial charge < -0.3 is 19.5 Å². The largest absolute Gasteiger partial charge is 0.497 e. The standard InChI is InChI=1S/C16H23NO5/c1-20-13-7-8-14(21-2)12(11-13)6-9-15(18)17-10-4-5-16(19)22-3/h7-8,11H,4-6,9-10H2,1-3H3,(H,17,18). The van der Waals surface area contributed by atoms with E-state index in [2.05, 4.69) is 10.1 Å². The van der Waals surface area contributed by atoms with Gasteiger partial charge in [-0.1, -0.05) is 0 Å². The number of aryl methyl sites for hydroxylation is 1. The summed E-state index contributed by atoms with van der Waals surface area (Å²) in [6.45, 7) is 0.461. The maximum atomic E-state index is 11.8. The van der Waals surface area contributed by atoms with Gasteiger partial charge in [-0.3, -0.25) is 9.59 Å². The van der Waals surface area contributed by atoms with Gasteiger partial charge in [0.1, 0.15) is 11.5 Å². The van der Waals surface area contributed by atoms with Crippen molar-refractivity contribution in [2.75, 3.05) is 27.9 Å². The molecule has 0 aliphatic heterocycles. The maximum absolute atomic E-state index is 11.8. The zero-order valence-electron chi connectivity index (χ0n) is 13.3. The van der Waals surface area contributed by atoms with Crippen LogP contribution in [0.2, 0.25) is 0 Å². The summed E-state index contributed by atoms with van der Waals surface area (Å²) in [6.07, 6.45) is 1.78. The Morgan fingerprint density at radius 2 is 1.86 bits per heavy atom. The van der Waals surface area contributed by atoms with E-state index in [-0.39, 0.29) is 11.9 Å². The SMILES string of the molecule is COC(=O)CCCNC(=O)CCc1cc(OC)ccc1OC. The van der Waals surface area contributed by atoms with Crippen LogP contribution in [0.3, 0.4) is 0 Å². The van der Waals surface area contributed by atoms with Gasteiger partial charge in [-0.25, -0.2) is 0 Å². The Labute approximate surface area is 130 Å². The molecule has 0 unspecified atom stereocenters. The van der Waals surface area contributed by atoms with Crippen LogP contribution >= 0.6 is 0 Å². The van der Waals surface area contributed by atoms with Crippen molar-refractivity contribution in [3.63, 3.8) is 0 Å². The number of methoxy groups -OCH3 is 3. The number of carbonyl (C=O) groups is 2. The molecule has 0 aliphatic carbocycles. The summed E-state index contributed by atoms with van der Waals surface area (Å²) in [7, 11) is 4.54. The van der Waals surface area contributed by atoms with Crippen LogP contribution in [-0.2, 0) is 20.7 Å². The highest BCUT2D eigenvalue weighted by Gasteiger charge is 2.08. The molecular weight excluding hydrogens is 286 g/mol. The number of hydrogen-bond acceptors (Lipinski definition) is 5.